The van der Waals surface area contributed by atoms with E-state index in [1.165, 1.54) is 32.1 Å². The molecule has 0 amide bonds. The Morgan fingerprint density at radius 1 is 1.18 bits per heavy atom. The fraction of sp³-hybridized carbons (Fsp3) is 0.846. The first-order valence-electron chi connectivity index (χ1n) is 6.67. The van der Waals surface area contributed by atoms with E-state index < -0.39 is 0 Å². The number of hydrogen-bond acceptors (Lipinski definition) is 4. The van der Waals surface area contributed by atoms with Gasteiger partial charge in [0.2, 0.25) is 5.89 Å². The average molecular weight is 239 g/mol. The average Bonchev–Trinajstić information content (AvgIpc) is 2.70. The molecule has 1 aromatic heterocycles. The second kappa shape index (κ2) is 6.62. The molecule has 0 saturated heterocycles. The number of rotatable bonds is 8. The number of nitrogens with two attached hydrogens (primary N) is 1. The van der Waals surface area contributed by atoms with Gasteiger partial charge in [0, 0.05) is 6.42 Å². The van der Waals surface area contributed by atoms with Crippen molar-refractivity contribution in [3.63, 3.8) is 0 Å². The van der Waals surface area contributed by atoms with Crippen LogP contribution in [0.3, 0.4) is 0 Å². The van der Waals surface area contributed by atoms with E-state index in [2.05, 4.69) is 31.0 Å². The van der Waals surface area contributed by atoms with Gasteiger partial charge >= 0.3 is 6.01 Å². The first-order valence-corrected chi connectivity index (χ1v) is 6.67. The van der Waals surface area contributed by atoms with Crippen molar-refractivity contribution in [3.05, 3.63) is 5.89 Å². The Hall–Kier alpha value is -1.06. The second-order valence-electron chi connectivity index (χ2n) is 5.19. The van der Waals surface area contributed by atoms with E-state index in [9.17, 15) is 0 Å². The van der Waals surface area contributed by atoms with Gasteiger partial charge in [0.15, 0.2) is 0 Å². The van der Waals surface area contributed by atoms with Crippen molar-refractivity contribution in [2.75, 3.05) is 5.73 Å². The van der Waals surface area contributed by atoms with Gasteiger partial charge in [-0.05, 0) is 11.8 Å². The maximum atomic E-state index is 5.44. The number of unbranched alkanes of at least 4 members (excludes halogenated alkanes) is 3. The summed E-state index contributed by atoms with van der Waals surface area (Å²) in [7, 11) is 0. The molecule has 0 aliphatic heterocycles. The zero-order valence-corrected chi connectivity index (χ0v) is 11.3. The van der Waals surface area contributed by atoms with Crippen LogP contribution < -0.4 is 5.73 Å². The first-order chi connectivity index (χ1) is 8.09. The maximum absolute atomic E-state index is 5.44. The topological polar surface area (TPSA) is 64.9 Å². The van der Waals surface area contributed by atoms with Crippen LogP contribution in [0, 0.1) is 5.41 Å². The second-order valence-corrected chi connectivity index (χ2v) is 5.19. The van der Waals surface area contributed by atoms with Gasteiger partial charge in [0.1, 0.15) is 0 Å². The normalized spacial score (nSPS) is 14.8. The Labute approximate surface area is 104 Å². The van der Waals surface area contributed by atoms with Crippen LogP contribution in [0.15, 0.2) is 4.42 Å². The SMILES string of the molecule is CCCCCCC(C)(CC)Cc1nnc(N)o1. The zero-order chi connectivity index (χ0) is 12.7. The van der Waals surface area contributed by atoms with Gasteiger partial charge in [0.05, 0.1) is 0 Å². The Morgan fingerprint density at radius 3 is 2.47 bits per heavy atom. The number of anilines is 1. The Bertz CT molecular complexity index is 324. The summed E-state index contributed by atoms with van der Waals surface area (Å²) in [5.41, 5.74) is 5.69. The van der Waals surface area contributed by atoms with Gasteiger partial charge in [-0.2, -0.15) is 0 Å². The highest BCUT2D eigenvalue weighted by Crippen LogP contribution is 2.32. The number of aromatic nitrogens is 2. The number of hydrogen-bond donors (Lipinski definition) is 1. The molecule has 1 atom stereocenters. The van der Waals surface area contributed by atoms with Crippen LogP contribution in [0.1, 0.15) is 65.2 Å². The summed E-state index contributed by atoms with van der Waals surface area (Å²) in [6.45, 7) is 6.75. The third kappa shape index (κ3) is 4.75. The molecule has 1 unspecified atom stereocenters. The molecule has 1 rings (SSSR count). The van der Waals surface area contributed by atoms with Gasteiger partial charge in [-0.25, -0.2) is 0 Å². The molecule has 0 aliphatic rings. The van der Waals surface area contributed by atoms with E-state index in [4.69, 9.17) is 10.2 Å². The zero-order valence-electron chi connectivity index (χ0n) is 11.3. The molecule has 0 aromatic carbocycles. The maximum Gasteiger partial charge on any atom is 0.312 e. The Kier molecular flexibility index (Phi) is 5.45. The Morgan fingerprint density at radius 2 is 1.94 bits per heavy atom. The molecule has 0 spiro atoms. The molecular formula is C13H25N3O. The highest BCUT2D eigenvalue weighted by molar-refractivity contribution is 5.05. The predicted octanol–water partition coefficient (Wildman–Crippen LogP) is 3.58. The van der Waals surface area contributed by atoms with E-state index in [0.29, 0.717) is 5.89 Å². The van der Waals surface area contributed by atoms with Crippen LogP contribution in [-0.2, 0) is 6.42 Å². The molecule has 0 bridgehead atoms. The Balaban J connectivity index is 2.44. The number of nitrogen functional groups attached to an aromatic ring is 1. The molecule has 2 N–H and O–H groups in total. The van der Waals surface area contributed by atoms with Gasteiger partial charge < -0.3 is 10.2 Å². The van der Waals surface area contributed by atoms with E-state index in [0.717, 1.165) is 12.8 Å². The molecule has 4 nitrogen and oxygen atoms in total. The van der Waals surface area contributed by atoms with Gasteiger partial charge in [-0.1, -0.05) is 58.0 Å². The van der Waals surface area contributed by atoms with Crippen LogP contribution >= 0.6 is 0 Å². The molecule has 4 heteroatoms. The minimum atomic E-state index is 0.171. The van der Waals surface area contributed by atoms with Crippen LogP contribution in [0.2, 0.25) is 0 Å². The molecule has 1 aromatic rings. The summed E-state index contributed by atoms with van der Waals surface area (Å²) < 4.78 is 5.26. The van der Waals surface area contributed by atoms with Crippen LogP contribution in [0.5, 0.6) is 0 Å². The number of nitrogens with zero attached hydrogens (tertiary/aromatic N) is 2. The van der Waals surface area contributed by atoms with Crippen LogP contribution in [-0.4, -0.2) is 10.2 Å². The molecule has 0 fully saturated rings. The fourth-order valence-electron chi connectivity index (χ4n) is 2.07. The fourth-order valence-corrected chi connectivity index (χ4v) is 2.07. The third-order valence-corrected chi connectivity index (χ3v) is 3.55. The monoisotopic (exact) mass is 239 g/mol. The molecule has 17 heavy (non-hydrogen) atoms. The van der Waals surface area contributed by atoms with Gasteiger partial charge in [0.25, 0.3) is 0 Å². The van der Waals surface area contributed by atoms with Crippen molar-refractivity contribution in [2.45, 2.75) is 65.7 Å². The highest BCUT2D eigenvalue weighted by atomic mass is 16.4. The van der Waals surface area contributed by atoms with Crippen molar-refractivity contribution in [3.8, 4) is 0 Å². The van der Waals surface area contributed by atoms with Crippen molar-refractivity contribution in [1.82, 2.24) is 10.2 Å². The lowest BCUT2D eigenvalue weighted by Gasteiger charge is -2.26. The molecule has 0 saturated carbocycles. The summed E-state index contributed by atoms with van der Waals surface area (Å²) in [4.78, 5) is 0. The summed E-state index contributed by atoms with van der Waals surface area (Å²) >= 11 is 0. The van der Waals surface area contributed by atoms with Crippen LogP contribution in [0.25, 0.3) is 0 Å². The van der Waals surface area contributed by atoms with Gasteiger partial charge in [-0.15, -0.1) is 5.10 Å². The molecular weight excluding hydrogens is 214 g/mol. The molecule has 0 radical (unpaired) electrons. The summed E-state index contributed by atoms with van der Waals surface area (Å²) in [6.07, 6.45) is 8.38. The minimum absolute atomic E-state index is 0.171. The van der Waals surface area contributed by atoms with E-state index in [1.807, 2.05) is 0 Å². The molecule has 0 aliphatic carbocycles. The third-order valence-electron chi connectivity index (χ3n) is 3.55. The highest BCUT2D eigenvalue weighted by Gasteiger charge is 2.24. The van der Waals surface area contributed by atoms with Crippen LogP contribution in [0.4, 0.5) is 6.01 Å². The van der Waals surface area contributed by atoms with Crippen molar-refractivity contribution in [2.24, 2.45) is 5.41 Å². The lowest BCUT2D eigenvalue weighted by atomic mass is 9.79. The van der Waals surface area contributed by atoms with E-state index >= 15 is 0 Å². The van der Waals surface area contributed by atoms with Crippen molar-refractivity contribution < 1.29 is 4.42 Å². The standard InChI is InChI=1S/C13H25N3O/c1-4-6-7-8-9-13(3,5-2)10-11-15-16-12(14)17-11/h4-10H2,1-3H3,(H2,14,16). The van der Waals surface area contributed by atoms with E-state index in [1.54, 1.807) is 0 Å². The smallest absolute Gasteiger partial charge is 0.312 e. The largest absolute Gasteiger partial charge is 0.408 e. The summed E-state index contributed by atoms with van der Waals surface area (Å²) in [6, 6.07) is 0.171. The minimum Gasteiger partial charge on any atom is -0.408 e. The van der Waals surface area contributed by atoms with Crippen molar-refractivity contribution in [1.29, 1.82) is 0 Å². The quantitative estimate of drug-likeness (QED) is 0.704. The summed E-state index contributed by atoms with van der Waals surface area (Å²) in [5, 5.41) is 7.66. The predicted molar refractivity (Wildman–Crippen MR) is 69.6 cm³/mol. The lowest BCUT2D eigenvalue weighted by Crippen LogP contribution is -2.18. The molecule has 1 heterocycles. The lowest BCUT2D eigenvalue weighted by molar-refractivity contribution is 0.248. The van der Waals surface area contributed by atoms with Gasteiger partial charge in [-0.3, -0.25) is 0 Å². The first kappa shape index (κ1) is 14.0. The summed E-state index contributed by atoms with van der Waals surface area (Å²) in [5.74, 6) is 0.669. The van der Waals surface area contributed by atoms with Crippen molar-refractivity contribution >= 4 is 6.01 Å². The molecule has 98 valence electrons. The van der Waals surface area contributed by atoms with E-state index in [-0.39, 0.29) is 11.4 Å².